The van der Waals surface area contributed by atoms with Gasteiger partial charge in [0.05, 0.1) is 6.04 Å². The summed E-state index contributed by atoms with van der Waals surface area (Å²) < 4.78 is 0. The lowest BCUT2D eigenvalue weighted by Crippen LogP contribution is -2.47. The van der Waals surface area contributed by atoms with Crippen LogP contribution >= 0.6 is 0 Å². The molecule has 0 fully saturated rings. The molecule has 0 aromatic heterocycles. The molecule has 0 N–H and O–H groups in total. The van der Waals surface area contributed by atoms with Crippen molar-refractivity contribution in [3.05, 3.63) is 93.0 Å². The Morgan fingerprint density at radius 2 is 1.55 bits per heavy atom. The third-order valence-electron chi connectivity index (χ3n) is 9.79. The average Bonchev–Trinajstić information content (AvgIpc) is 3.07. The van der Waals surface area contributed by atoms with Crippen molar-refractivity contribution in [3.8, 4) is 11.1 Å². The van der Waals surface area contributed by atoms with Crippen LogP contribution in [0.1, 0.15) is 117 Å². The van der Waals surface area contributed by atoms with Crippen LogP contribution in [0.25, 0.3) is 16.7 Å². The van der Waals surface area contributed by atoms with Gasteiger partial charge in [-0.2, -0.15) is 0 Å². The molecule has 0 bridgehead atoms. The predicted octanol–water partition coefficient (Wildman–Crippen LogP) is 10.2. The molecule has 3 aromatic rings. The van der Waals surface area contributed by atoms with Gasteiger partial charge in [-0.05, 0) is 103 Å². The van der Waals surface area contributed by atoms with Gasteiger partial charge in [0.1, 0.15) is 0 Å². The Labute approximate surface area is 231 Å². The summed E-state index contributed by atoms with van der Waals surface area (Å²) in [5.74, 6) is 1.17. The van der Waals surface area contributed by atoms with E-state index in [0.717, 1.165) is 12.8 Å². The van der Waals surface area contributed by atoms with Gasteiger partial charge < -0.3 is 4.90 Å². The highest BCUT2D eigenvalue weighted by Gasteiger charge is 2.44. The van der Waals surface area contributed by atoms with Crippen molar-refractivity contribution in [2.45, 2.75) is 105 Å². The zero-order valence-electron chi connectivity index (χ0n) is 25.0. The monoisotopic (exact) mass is 503 g/mol. The summed E-state index contributed by atoms with van der Waals surface area (Å²) in [6.07, 6.45) is 6.11. The summed E-state index contributed by atoms with van der Waals surface area (Å²) >= 11 is 0. The number of benzene rings is 3. The summed E-state index contributed by atoms with van der Waals surface area (Å²) in [6, 6.07) is 18.0. The van der Waals surface area contributed by atoms with Gasteiger partial charge in [0.2, 0.25) is 0 Å². The second kappa shape index (κ2) is 8.87. The minimum absolute atomic E-state index is 0.00727. The molecule has 2 aliphatic heterocycles. The lowest BCUT2D eigenvalue weighted by molar-refractivity contribution is 0.414. The highest BCUT2D eigenvalue weighted by molar-refractivity contribution is 5.91. The van der Waals surface area contributed by atoms with E-state index in [1.54, 1.807) is 11.1 Å². The third-order valence-corrected chi connectivity index (χ3v) is 9.79. The summed E-state index contributed by atoms with van der Waals surface area (Å²) in [4.78, 5) is 2.85. The van der Waals surface area contributed by atoms with Crippen molar-refractivity contribution in [2.75, 3.05) is 4.90 Å². The quantitative estimate of drug-likeness (QED) is 0.342. The molecular formula is C37H45N. The van der Waals surface area contributed by atoms with Crippen LogP contribution in [-0.2, 0) is 5.41 Å². The van der Waals surface area contributed by atoms with Gasteiger partial charge >= 0.3 is 0 Å². The van der Waals surface area contributed by atoms with Crippen LogP contribution in [0.4, 0.5) is 5.69 Å². The van der Waals surface area contributed by atoms with E-state index >= 15 is 0 Å². The summed E-state index contributed by atoms with van der Waals surface area (Å²) in [7, 11) is 0. The Balaban J connectivity index is 1.65. The summed E-state index contributed by atoms with van der Waals surface area (Å²) in [5, 5.41) is 0. The lowest BCUT2D eigenvalue weighted by Gasteiger charge is -2.51. The number of hydrogen-bond acceptors (Lipinski definition) is 1. The Morgan fingerprint density at radius 1 is 0.816 bits per heavy atom. The van der Waals surface area contributed by atoms with Crippen molar-refractivity contribution in [3.63, 3.8) is 0 Å². The normalized spacial score (nSPS) is 22.4. The Bertz CT molecular complexity index is 1470. The fourth-order valence-electron chi connectivity index (χ4n) is 8.21. The van der Waals surface area contributed by atoms with Crippen LogP contribution in [0.15, 0.2) is 48.5 Å². The molecule has 198 valence electrons. The topological polar surface area (TPSA) is 3.24 Å². The van der Waals surface area contributed by atoms with Gasteiger partial charge in [-0.25, -0.2) is 0 Å². The molecule has 2 heterocycles. The van der Waals surface area contributed by atoms with E-state index in [9.17, 15) is 0 Å². The first kappa shape index (κ1) is 25.5. The zero-order chi connectivity index (χ0) is 27.1. The minimum Gasteiger partial charge on any atom is -0.357 e. The van der Waals surface area contributed by atoms with Crippen molar-refractivity contribution in [1.82, 2.24) is 0 Å². The first-order valence-corrected chi connectivity index (χ1v) is 15.0. The van der Waals surface area contributed by atoms with Crippen LogP contribution in [-0.4, -0.2) is 6.04 Å². The Morgan fingerprint density at radius 3 is 2.24 bits per heavy atom. The van der Waals surface area contributed by atoms with Crippen LogP contribution in [0.5, 0.6) is 0 Å². The molecule has 3 aliphatic rings. The van der Waals surface area contributed by atoms with Crippen molar-refractivity contribution in [1.29, 1.82) is 0 Å². The largest absolute Gasteiger partial charge is 0.357 e. The number of anilines is 1. The maximum atomic E-state index is 2.85. The molecule has 1 heteroatoms. The maximum Gasteiger partial charge on any atom is 0.0739 e. The van der Waals surface area contributed by atoms with E-state index in [2.05, 4.69) is 116 Å². The third kappa shape index (κ3) is 3.57. The standard InChI is InChI=1S/C37H45N/c1-10-26-33(11-2)38-34(30-16-23(6)15-24(7)36(26)30)18-25(14-21(3)4)28-19-29-27-13-12-22(5)17-31(27)37(8,9)32(29)20-35(28)38/h12-13,15-21,26,33-34H,10-11,14H2,1-9H3/t26?,33-,34?/m1/s1. The van der Waals surface area contributed by atoms with Crippen LogP contribution in [0.3, 0.4) is 0 Å². The second-order valence-corrected chi connectivity index (χ2v) is 13.3. The molecular weight excluding hydrogens is 458 g/mol. The van der Waals surface area contributed by atoms with E-state index in [0.29, 0.717) is 23.9 Å². The molecule has 3 atom stereocenters. The fraction of sp³-hybridized carbons (Fsp3) is 0.459. The highest BCUT2D eigenvalue weighted by Crippen LogP contribution is 2.57. The first-order valence-electron chi connectivity index (χ1n) is 15.0. The zero-order valence-corrected chi connectivity index (χ0v) is 25.0. The van der Waals surface area contributed by atoms with Gasteiger partial charge in [-0.3, -0.25) is 0 Å². The summed E-state index contributed by atoms with van der Waals surface area (Å²) in [6.45, 7) is 21.2. The van der Waals surface area contributed by atoms with Gasteiger partial charge in [-0.15, -0.1) is 0 Å². The van der Waals surface area contributed by atoms with Gasteiger partial charge in [0.15, 0.2) is 0 Å². The van der Waals surface area contributed by atoms with Crippen LogP contribution < -0.4 is 4.90 Å². The molecule has 6 rings (SSSR count). The molecule has 38 heavy (non-hydrogen) atoms. The van der Waals surface area contributed by atoms with E-state index in [1.165, 1.54) is 62.2 Å². The molecule has 3 aromatic carbocycles. The Hall–Kier alpha value is -2.80. The molecule has 0 saturated carbocycles. The summed E-state index contributed by atoms with van der Waals surface area (Å²) in [5.41, 5.74) is 17.7. The lowest BCUT2D eigenvalue weighted by atomic mass is 9.72. The van der Waals surface area contributed by atoms with Gasteiger partial charge in [0.25, 0.3) is 0 Å². The second-order valence-electron chi connectivity index (χ2n) is 13.3. The molecule has 1 nitrogen and oxygen atoms in total. The molecule has 0 radical (unpaired) electrons. The molecule has 0 spiro atoms. The smallest absolute Gasteiger partial charge is 0.0739 e. The van der Waals surface area contributed by atoms with Crippen molar-refractivity contribution >= 4 is 11.3 Å². The SMILES string of the molecule is CCC1c2c(C)cc(C)cc2C2C=C(CC(C)C)c3cc4c(cc3N2[C@@H]1CC)C(C)(C)c1cc(C)ccc1-4. The van der Waals surface area contributed by atoms with E-state index in [1.807, 2.05) is 0 Å². The van der Waals surface area contributed by atoms with E-state index in [4.69, 9.17) is 0 Å². The average molecular weight is 504 g/mol. The highest BCUT2D eigenvalue weighted by atomic mass is 15.2. The number of fused-ring (bicyclic) bond motifs is 8. The number of nitrogens with zero attached hydrogens (tertiary/aromatic N) is 1. The molecule has 0 amide bonds. The van der Waals surface area contributed by atoms with Crippen LogP contribution in [0, 0.1) is 26.7 Å². The van der Waals surface area contributed by atoms with Gasteiger partial charge in [0, 0.05) is 28.6 Å². The van der Waals surface area contributed by atoms with E-state index in [-0.39, 0.29) is 5.41 Å². The maximum absolute atomic E-state index is 2.85. The fourth-order valence-corrected chi connectivity index (χ4v) is 8.21. The Kier molecular flexibility index (Phi) is 5.95. The molecule has 1 aliphatic carbocycles. The number of rotatable bonds is 4. The number of hydrogen-bond donors (Lipinski definition) is 0. The number of aryl methyl sites for hydroxylation is 3. The van der Waals surface area contributed by atoms with E-state index < -0.39 is 0 Å². The molecule has 0 saturated heterocycles. The van der Waals surface area contributed by atoms with Crippen LogP contribution in [0.2, 0.25) is 0 Å². The number of allylic oxidation sites excluding steroid dienone is 1. The van der Waals surface area contributed by atoms with Gasteiger partial charge in [-0.1, -0.05) is 89.1 Å². The minimum atomic E-state index is 0.00727. The first-order chi connectivity index (χ1) is 18.1. The van der Waals surface area contributed by atoms with Crippen molar-refractivity contribution in [2.24, 2.45) is 5.92 Å². The van der Waals surface area contributed by atoms with Crippen molar-refractivity contribution < 1.29 is 0 Å². The predicted molar refractivity (Wildman–Crippen MR) is 164 cm³/mol. The molecule has 2 unspecified atom stereocenters.